The van der Waals surface area contributed by atoms with Crippen molar-refractivity contribution in [2.24, 2.45) is 11.7 Å². The SMILES string of the molecule is COc1cc(OC)cc([C@@H](N)C2CCCC2)c1.Cl. The van der Waals surface area contributed by atoms with Crippen molar-refractivity contribution in [3.63, 3.8) is 0 Å². The van der Waals surface area contributed by atoms with Gasteiger partial charge in [0.1, 0.15) is 11.5 Å². The molecule has 0 aromatic heterocycles. The van der Waals surface area contributed by atoms with Gasteiger partial charge < -0.3 is 15.2 Å². The lowest BCUT2D eigenvalue weighted by Crippen LogP contribution is -2.19. The molecule has 0 aliphatic heterocycles. The van der Waals surface area contributed by atoms with Gasteiger partial charge in [-0.15, -0.1) is 12.4 Å². The van der Waals surface area contributed by atoms with E-state index in [1.807, 2.05) is 18.2 Å². The highest BCUT2D eigenvalue weighted by Crippen LogP contribution is 2.36. The summed E-state index contributed by atoms with van der Waals surface area (Å²) in [4.78, 5) is 0. The predicted molar refractivity (Wildman–Crippen MR) is 75.7 cm³/mol. The smallest absolute Gasteiger partial charge is 0.122 e. The highest BCUT2D eigenvalue weighted by molar-refractivity contribution is 5.85. The molecule has 0 unspecified atom stereocenters. The molecule has 1 aliphatic carbocycles. The summed E-state index contributed by atoms with van der Waals surface area (Å²) in [5.74, 6) is 2.23. The molecule has 102 valence electrons. The van der Waals surface area contributed by atoms with Crippen molar-refractivity contribution in [2.75, 3.05) is 14.2 Å². The van der Waals surface area contributed by atoms with Gasteiger partial charge in [-0.25, -0.2) is 0 Å². The van der Waals surface area contributed by atoms with Gasteiger partial charge >= 0.3 is 0 Å². The number of benzene rings is 1. The van der Waals surface area contributed by atoms with E-state index in [0.29, 0.717) is 5.92 Å². The first-order valence-electron chi connectivity index (χ1n) is 6.23. The fraction of sp³-hybridized carbons (Fsp3) is 0.571. The van der Waals surface area contributed by atoms with Crippen LogP contribution in [0.1, 0.15) is 37.3 Å². The Hall–Kier alpha value is -0.930. The van der Waals surface area contributed by atoms with Crippen molar-refractivity contribution >= 4 is 12.4 Å². The molecular weight excluding hydrogens is 250 g/mol. The molecule has 1 saturated carbocycles. The molecule has 1 aliphatic rings. The minimum absolute atomic E-state index is 0. The van der Waals surface area contributed by atoms with Crippen molar-refractivity contribution < 1.29 is 9.47 Å². The monoisotopic (exact) mass is 271 g/mol. The number of rotatable bonds is 4. The normalized spacial score (nSPS) is 17.1. The van der Waals surface area contributed by atoms with Crippen LogP contribution in [-0.2, 0) is 0 Å². The first-order chi connectivity index (χ1) is 8.24. The second-order valence-corrected chi connectivity index (χ2v) is 4.72. The largest absolute Gasteiger partial charge is 0.497 e. The van der Waals surface area contributed by atoms with Crippen LogP contribution in [0.3, 0.4) is 0 Å². The Balaban J connectivity index is 0.00000162. The van der Waals surface area contributed by atoms with Gasteiger partial charge in [-0.05, 0) is 36.5 Å². The predicted octanol–water partition coefficient (Wildman–Crippen LogP) is 3.32. The van der Waals surface area contributed by atoms with Crippen LogP contribution in [0.2, 0.25) is 0 Å². The van der Waals surface area contributed by atoms with Gasteiger partial charge in [-0.3, -0.25) is 0 Å². The summed E-state index contributed by atoms with van der Waals surface area (Å²) in [6, 6.07) is 6.02. The Morgan fingerprint density at radius 2 is 1.56 bits per heavy atom. The van der Waals surface area contributed by atoms with Crippen LogP contribution >= 0.6 is 12.4 Å². The highest BCUT2D eigenvalue weighted by Gasteiger charge is 2.23. The van der Waals surface area contributed by atoms with E-state index < -0.39 is 0 Å². The summed E-state index contributed by atoms with van der Waals surface area (Å²) in [5, 5.41) is 0. The molecule has 2 rings (SSSR count). The van der Waals surface area contributed by atoms with Gasteiger partial charge in [0, 0.05) is 12.1 Å². The van der Waals surface area contributed by atoms with Crippen LogP contribution in [-0.4, -0.2) is 14.2 Å². The number of halogens is 1. The minimum atomic E-state index is 0. The van der Waals surface area contributed by atoms with Gasteiger partial charge in [-0.1, -0.05) is 12.8 Å². The van der Waals surface area contributed by atoms with E-state index in [9.17, 15) is 0 Å². The van der Waals surface area contributed by atoms with E-state index in [2.05, 4.69) is 0 Å². The zero-order valence-corrected chi connectivity index (χ0v) is 11.8. The molecule has 0 amide bonds. The summed E-state index contributed by atoms with van der Waals surface area (Å²) < 4.78 is 10.5. The average Bonchev–Trinajstić information content (AvgIpc) is 2.91. The Kier molecular flexibility index (Phi) is 5.76. The summed E-state index contributed by atoms with van der Waals surface area (Å²) >= 11 is 0. The lowest BCUT2D eigenvalue weighted by atomic mass is 9.92. The van der Waals surface area contributed by atoms with E-state index in [1.54, 1.807) is 14.2 Å². The van der Waals surface area contributed by atoms with E-state index in [1.165, 1.54) is 25.7 Å². The zero-order chi connectivity index (χ0) is 12.3. The van der Waals surface area contributed by atoms with Gasteiger partial charge in [0.25, 0.3) is 0 Å². The number of hydrogen-bond donors (Lipinski definition) is 1. The van der Waals surface area contributed by atoms with E-state index in [4.69, 9.17) is 15.2 Å². The Labute approximate surface area is 115 Å². The minimum Gasteiger partial charge on any atom is -0.497 e. The third-order valence-corrected chi connectivity index (χ3v) is 3.67. The van der Waals surface area contributed by atoms with Gasteiger partial charge in [-0.2, -0.15) is 0 Å². The molecule has 0 radical (unpaired) electrons. The second-order valence-electron chi connectivity index (χ2n) is 4.72. The van der Waals surface area contributed by atoms with E-state index >= 15 is 0 Å². The molecule has 1 fully saturated rings. The molecule has 4 heteroatoms. The number of hydrogen-bond acceptors (Lipinski definition) is 3. The molecule has 0 bridgehead atoms. The molecule has 1 aromatic carbocycles. The highest BCUT2D eigenvalue weighted by atomic mass is 35.5. The topological polar surface area (TPSA) is 44.5 Å². The van der Waals surface area contributed by atoms with Crippen molar-refractivity contribution in [2.45, 2.75) is 31.7 Å². The molecular formula is C14H22ClNO2. The molecule has 3 nitrogen and oxygen atoms in total. The van der Waals surface area contributed by atoms with Crippen LogP contribution in [0.25, 0.3) is 0 Å². The molecule has 1 atom stereocenters. The lowest BCUT2D eigenvalue weighted by Gasteiger charge is -2.20. The quantitative estimate of drug-likeness (QED) is 0.914. The summed E-state index contributed by atoms with van der Waals surface area (Å²) in [5.41, 5.74) is 7.45. The van der Waals surface area contributed by atoms with Crippen molar-refractivity contribution in [3.05, 3.63) is 23.8 Å². The van der Waals surface area contributed by atoms with Crippen molar-refractivity contribution in [3.8, 4) is 11.5 Å². The van der Waals surface area contributed by atoms with Crippen molar-refractivity contribution in [1.29, 1.82) is 0 Å². The summed E-state index contributed by atoms with van der Waals surface area (Å²) in [6.45, 7) is 0. The first-order valence-corrected chi connectivity index (χ1v) is 6.23. The van der Waals surface area contributed by atoms with Gasteiger partial charge in [0.15, 0.2) is 0 Å². The Bertz CT molecular complexity index is 356. The maximum absolute atomic E-state index is 6.34. The standard InChI is InChI=1S/C14H21NO2.ClH/c1-16-12-7-11(8-13(9-12)17-2)14(15)10-5-3-4-6-10;/h7-10,14H,3-6,15H2,1-2H3;1H/t14-;/m0./s1. The molecule has 18 heavy (non-hydrogen) atoms. The Morgan fingerprint density at radius 1 is 1.06 bits per heavy atom. The third-order valence-electron chi connectivity index (χ3n) is 3.67. The van der Waals surface area contributed by atoms with Crippen LogP contribution in [0.5, 0.6) is 11.5 Å². The number of methoxy groups -OCH3 is 2. The van der Waals surface area contributed by atoms with Crippen LogP contribution in [0.15, 0.2) is 18.2 Å². The third kappa shape index (κ3) is 3.30. The maximum Gasteiger partial charge on any atom is 0.122 e. The van der Waals surface area contributed by atoms with Gasteiger partial charge in [0.2, 0.25) is 0 Å². The number of nitrogens with two attached hydrogens (primary N) is 1. The van der Waals surface area contributed by atoms with Crippen molar-refractivity contribution in [1.82, 2.24) is 0 Å². The maximum atomic E-state index is 6.34. The molecule has 1 aromatic rings. The molecule has 0 saturated heterocycles. The van der Waals surface area contributed by atoms with Crippen LogP contribution in [0, 0.1) is 5.92 Å². The molecule has 0 heterocycles. The zero-order valence-electron chi connectivity index (χ0n) is 11.0. The fourth-order valence-electron chi connectivity index (χ4n) is 2.61. The summed E-state index contributed by atoms with van der Waals surface area (Å²) in [6.07, 6.45) is 5.08. The summed E-state index contributed by atoms with van der Waals surface area (Å²) in [7, 11) is 3.33. The van der Waals surface area contributed by atoms with Gasteiger partial charge in [0.05, 0.1) is 14.2 Å². The fourth-order valence-corrected chi connectivity index (χ4v) is 2.61. The van der Waals surface area contributed by atoms with E-state index in [-0.39, 0.29) is 18.4 Å². The van der Waals surface area contributed by atoms with Crippen LogP contribution in [0.4, 0.5) is 0 Å². The number of ether oxygens (including phenoxy) is 2. The average molecular weight is 272 g/mol. The van der Waals surface area contributed by atoms with E-state index in [0.717, 1.165) is 17.1 Å². The van der Waals surface area contributed by atoms with Crippen LogP contribution < -0.4 is 15.2 Å². The molecule has 0 spiro atoms. The Morgan fingerprint density at radius 3 is 2.00 bits per heavy atom. The first kappa shape index (κ1) is 15.1. The second kappa shape index (κ2) is 6.86. The lowest BCUT2D eigenvalue weighted by molar-refractivity contribution is 0.388. The molecule has 2 N–H and O–H groups in total.